The molecular formula is C23H38N5O4P. The van der Waals surface area contributed by atoms with E-state index in [1.807, 2.05) is 6.92 Å². The Kier molecular flexibility index (Phi) is 10.5. The molecular weight excluding hydrogens is 441 g/mol. The Bertz CT molecular complexity index is 790. The van der Waals surface area contributed by atoms with E-state index in [0.29, 0.717) is 49.6 Å². The van der Waals surface area contributed by atoms with Gasteiger partial charge in [0, 0.05) is 65.1 Å². The molecule has 10 heteroatoms. The molecule has 0 saturated carbocycles. The van der Waals surface area contributed by atoms with Gasteiger partial charge in [-0.3, -0.25) is 24.0 Å². The molecule has 2 amide bonds. The van der Waals surface area contributed by atoms with E-state index in [1.165, 1.54) is 4.90 Å². The first-order valence-corrected chi connectivity index (χ1v) is 14.1. The second kappa shape index (κ2) is 13.3. The summed E-state index contributed by atoms with van der Waals surface area (Å²) in [6, 6.07) is 6.92. The van der Waals surface area contributed by atoms with Gasteiger partial charge in [-0.05, 0) is 31.9 Å². The zero-order valence-electron chi connectivity index (χ0n) is 19.7. The number of carbonyl (C=O) groups is 2. The third kappa shape index (κ3) is 7.70. The van der Waals surface area contributed by atoms with Gasteiger partial charge < -0.3 is 20.5 Å². The molecule has 0 aliphatic carbocycles. The largest absolute Gasteiger partial charge is 0.328 e. The number of imide groups is 1. The SMILES string of the molecule is CCOP(=O)(CCCCN1C(=O)c2ccccc2C1=O)CN1CCNCCNCCNCC1. The van der Waals surface area contributed by atoms with Crippen molar-refractivity contribution in [3.05, 3.63) is 35.4 Å². The lowest BCUT2D eigenvalue weighted by atomic mass is 10.1. The molecule has 0 spiro atoms. The van der Waals surface area contributed by atoms with Crippen molar-refractivity contribution in [2.75, 3.05) is 78.0 Å². The van der Waals surface area contributed by atoms with Crippen LogP contribution in [-0.2, 0) is 9.09 Å². The van der Waals surface area contributed by atoms with Crippen LogP contribution in [-0.4, -0.2) is 99.6 Å². The van der Waals surface area contributed by atoms with Gasteiger partial charge in [0.1, 0.15) is 0 Å². The molecule has 3 N–H and O–H groups in total. The molecule has 184 valence electrons. The van der Waals surface area contributed by atoms with Gasteiger partial charge in [-0.1, -0.05) is 12.1 Å². The van der Waals surface area contributed by atoms with Crippen LogP contribution in [0.2, 0.25) is 0 Å². The van der Waals surface area contributed by atoms with Crippen LogP contribution >= 0.6 is 7.37 Å². The summed E-state index contributed by atoms with van der Waals surface area (Å²) >= 11 is 0. The van der Waals surface area contributed by atoms with Crippen molar-refractivity contribution in [1.82, 2.24) is 25.8 Å². The van der Waals surface area contributed by atoms with Crippen LogP contribution in [0.5, 0.6) is 0 Å². The van der Waals surface area contributed by atoms with E-state index in [1.54, 1.807) is 24.3 Å². The van der Waals surface area contributed by atoms with Crippen molar-refractivity contribution >= 4 is 19.2 Å². The Hall–Kier alpha value is -1.61. The van der Waals surface area contributed by atoms with Crippen LogP contribution in [0.25, 0.3) is 0 Å². The number of amides is 2. The van der Waals surface area contributed by atoms with Crippen LogP contribution in [0.1, 0.15) is 40.5 Å². The first-order valence-electron chi connectivity index (χ1n) is 12.1. The summed E-state index contributed by atoms with van der Waals surface area (Å²) in [5, 5.41) is 10.2. The second-order valence-corrected chi connectivity index (χ2v) is 11.1. The number of carbonyl (C=O) groups excluding carboxylic acids is 2. The van der Waals surface area contributed by atoms with E-state index in [-0.39, 0.29) is 11.8 Å². The van der Waals surface area contributed by atoms with Crippen LogP contribution in [0.4, 0.5) is 0 Å². The molecule has 1 fully saturated rings. The van der Waals surface area contributed by atoms with E-state index in [4.69, 9.17) is 4.52 Å². The maximum absolute atomic E-state index is 13.6. The fraction of sp³-hybridized carbons (Fsp3) is 0.652. The Morgan fingerprint density at radius 2 is 1.42 bits per heavy atom. The Balaban J connectivity index is 1.49. The van der Waals surface area contributed by atoms with Gasteiger partial charge in [0.25, 0.3) is 11.8 Å². The zero-order chi connectivity index (χ0) is 23.5. The average molecular weight is 480 g/mol. The molecule has 2 aliphatic heterocycles. The summed E-state index contributed by atoms with van der Waals surface area (Å²) in [6.45, 7) is 9.62. The lowest BCUT2D eigenvalue weighted by Crippen LogP contribution is -2.42. The predicted octanol–water partition coefficient (Wildman–Crippen LogP) is 1.42. The number of hydrogen-bond donors (Lipinski definition) is 3. The minimum atomic E-state index is -2.85. The first kappa shape index (κ1) is 26.0. The average Bonchev–Trinajstić information content (AvgIpc) is 3.04. The van der Waals surface area contributed by atoms with Crippen molar-refractivity contribution in [2.45, 2.75) is 19.8 Å². The maximum Gasteiger partial charge on any atom is 0.261 e. The highest BCUT2D eigenvalue weighted by atomic mass is 31.2. The molecule has 1 unspecified atom stereocenters. The van der Waals surface area contributed by atoms with Crippen molar-refractivity contribution < 1.29 is 18.7 Å². The highest BCUT2D eigenvalue weighted by molar-refractivity contribution is 7.58. The van der Waals surface area contributed by atoms with E-state index >= 15 is 0 Å². The first-order chi connectivity index (χ1) is 16.0. The number of fused-ring (bicyclic) bond motifs is 1. The standard InChI is InChI=1S/C23H38N5O4P/c1-2-32-33(31,19-27-16-13-25-11-9-24-10-12-26-14-17-27)18-6-5-15-28-22(29)20-7-3-4-8-21(20)23(28)30/h3-4,7-8,24-26H,2,5-6,9-19H2,1H3. The van der Waals surface area contributed by atoms with E-state index in [9.17, 15) is 14.2 Å². The third-order valence-corrected chi connectivity index (χ3v) is 8.51. The molecule has 0 bridgehead atoms. The molecule has 2 heterocycles. The lowest BCUT2D eigenvalue weighted by Gasteiger charge is -2.28. The molecule has 1 atom stereocenters. The molecule has 2 aliphatic rings. The summed E-state index contributed by atoms with van der Waals surface area (Å²) < 4.78 is 19.4. The van der Waals surface area contributed by atoms with Crippen molar-refractivity contribution in [3.8, 4) is 0 Å². The summed E-state index contributed by atoms with van der Waals surface area (Å²) in [5.74, 6) is -0.476. The third-order valence-electron chi connectivity index (χ3n) is 5.96. The van der Waals surface area contributed by atoms with Crippen molar-refractivity contribution in [2.24, 2.45) is 0 Å². The normalized spacial score (nSPS) is 20.7. The predicted molar refractivity (Wildman–Crippen MR) is 130 cm³/mol. The van der Waals surface area contributed by atoms with Crippen LogP contribution in [0, 0.1) is 0 Å². The Morgan fingerprint density at radius 1 is 0.879 bits per heavy atom. The van der Waals surface area contributed by atoms with Crippen molar-refractivity contribution in [1.29, 1.82) is 0 Å². The highest BCUT2D eigenvalue weighted by Crippen LogP contribution is 2.48. The molecule has 1 aromatic carbocycles. The second-order valence-electron chi connectivity index (χ2n) is 8.48. The molecule has 33 heavy (non-hydrogen) atoms. The quantitative estimate of drug-likeness (QED) is 0.278. The van der Waals surface area contributed by atoms with Gasteiger partial charge >= 0.3 is 0 Å². The van der Waals surface area contributed by atoms with Gasteiger partial charge in [-0.15, -0.1) is 0 Å². The van der Waals surface area contributed by atoms with Gasteiger partial charge in [-0.2, -0.15) is 0 Å². The lowest BCUT2D eigenvalue weighted by molar-refractivity contribution is 0.0652. The number of nitrogens with zero attached hydrogens (tertiary/aromatic N) is 2. The minimum Gasteiger partial charge on any atom is -0.328 e. The van der Waals surface area contributed by atoms with E-state index in [0.717, 1.165) is 52.4 Å². The highest BCUT2D eigenvalue weighted by Gasteiger charge is 2.34. The minimum absolute atomic E-state index is 0.238. The molecule has 1 saturated heterocycles. The number of hydrogen-bond acceptors (Lipinski definition) is 8. The number of benzene rings is 1. The Labute approximate surface area is 197 Å². The molecule has 1 aromatic rings. The number of rotatable bonds is 9. The zero-order valence-corrected chi connectivity index (χ0v) is 20.6. The fourth-order valence-electron chi connectivity index (χ4n) is 4.24. The summed E-state index contributed by atoms with van der Waals surface area (Å²) in [6.07, 6.45) is 2.13. The van der Waals surface area contributed by atoms with Gasteiger partial charge in [0.05, 0.1) is 24.0 Å². The van der Waals surface area contributed by atoms with Gasteiger partial charge in [-0.25, -0.2) is 0 Å². The fourth-order valence-corrected chi connectivity index (χ4v) is 6.66. The summed E-state index contributed by atoms with van der Waals surface area (Å²) in [4.78, 5) is 28.6. The topological polar surface area (TPSA) is 103 Å². The smallest absolute Gasteiger partial charge is 0.261 e. The van der Waals surface area contributed by atoms with Crippen LogP contribution in [0.15, 0.2) is 24.3 Å². The Morgan fingerprint density at radius 3 is 1.97 bits per heavy atom. The van der Waals surface area contributed by atoms with Crippen LogP contribution in [0.3, 0.4) is 0 Å². The maximum atomic E-state index is 13.6. The molecule has 3 rings (SSSR count). The number of unbranched alkanes of at least 4 members (excludes halogenated alkanes) is 1. The van der Waals surface area contributed by atoms with Gasteiger partial charge in [0.2, 0.25) is 7.37 Å². The van der Waals surface area contributed by atoms with E-state index < -0.39 is 7.37 Å². The van der Waals surface area contributed by atoms with E-state index in [2.05, 4.69) is 20.9 Å². The van der Waals surface area contributed by atoms with Gasteiger partial charge in [0.15, 0.2) is 0 Å². The summed E-state index contributed by atoms with van der Waals surface area (Å²) in [5.41, 5.74) is 0.937. The molecule has 9 nitrogen and oxygen atoms in total. The molecule has 0 aromatic heterocycles. The monoisotopic (exact) mass is 479 g/mol. The van der Waals surface area contributed by atoms with Crippen LogP contribution < -0.4 is 16.0 Å². The summed E-state index contributed by atoms with van der Waals surface area (Å²) in [7, 11) is -2.85. The number of nitrogens with one attached hydrogen (secondary N) is 3. The molecule has 0 radical (unpaired) electrons. The van der Waals surface area contributed by atoms with Crippen molar-refractivity contribution in [3.63, 3.8) is 0 Å².